The highest BCUT2D eigenvalue weighted by Gasteiger charge is 2.57. The molecule has 192 valence electrons. The van der Waals surface area contributed by atoms with Gasteiger partial charge in [-0.05, 0) is 66.9 Å². The summed E-state index contributed by atoms with van der Waals surface area (Å²) in [5.41, 5.74) is 4.66. The second-order valence-electron chi connectivity index (χ2n) is 10.2. The summed E-state index contributed by atoms with van der Waals surface area (Å²) in [6, 6.07) is 20.1. The lowest BCUT2D eigenvalue weighted by Crippen LogP contribution is -2.68. The fraction of sp³-hybridized carbons (Fsp3) is 0.323. The lowest BCUT2D eigenvalue weighted by atomic mass is 9.74. The predicted molar refractivity (Wildman–Crippen MR) is 149 cm³/mol. The molecule has 0 spiro atoms. The predicted octanol–water partition coefficient (Wildman–Crippen LogP) is 6.65. The number of hydrogen-bond donors (Lipinski definition) is 1. The summed E-state index contributed by atoms with van der Waals surface area (Å²) in [4.78, 5) is 15.0. The van der Waals surface area contributed by atoms with Crippen LogP contribution in [0.3, 0.4) is 0 Å². The van der Waals surface area contributed by atoms with Crippen LogP contribution in [0.4, 0.5) is 5.69 Å². The van der Waals surface area contributed by atoms with E-state index in [2.05, 4.69) is 61.3 Å². The molecule has 6 heteroatoms. The third-order valence-electron chi connectivity index (χ3n) is 7.48. The van der Waals surface area contributed by atoms with Gasteiger partial charge >= 0.3 is 0 Å². The molecule has 0 saturated carbocycles. The first kappa shape index (κ1) is 25.2. The molecule has 3 aromatic rings. The maximum Gasteiger partial charge on any atom is 0.223 e. The third-order valence-corrected chi connectivity index (χ3v) is 7.73. The first-order valence-electron chi connectivity index (χ1n) is 12.8. The number of fused-ring (bicyclic) bond motifs is 3. The number of ether oxygens (including phenoxy) is 2. The van der Waals surface area contributed by atoms with Gasteiger partial charge in [0.25, 0.3) is 0 Å². The lowest BCUT2D eigenvalue weighted by molar-refractivity contribution is -0.124. The Balaban J connectivity index is 1.45. The van der Waals surface area contributed by atoms with Crippen molar-refractivity contribution in [2.24, 2.45) is 0 Å². The Bertz CT molecular complexity index is 1350. The van der Waals surface area contributed by atoms with Gasteiger partial charge in [-0.3, -0.25) is 4.79 Å². The molecule has 1 amide bonds. The van der Waals surface area contributed by atoms with Gasteiger partial charge in [0.15, 0.2) is 11.5 Å². The van der Waals surface area contributed by atoms with E-state index in [1.54, 1.807) is 0 Å². The number of aryl methyl sites for hydroxylation is 1. The minimum atomic E-state index is -0.659. The Morgan fingerprint density at radius 2 is 1.81 bits per heavy atom. The molecule has 0 aromatic heterocycles. The van der Waals surface area contributed by atoms with Crippen molar-refractivity contribution in [1.29, 1.82) is 0 Å². The van der Waals surface area contributed by atoms with Crippen LogP contribution in [0.2, 0.25) is 5.02 Å². The molecular formula is C31H33ClN2O3. The Kier molecular flexibility index (Phi) is 6.67. The zero-order chi connectivity index (χ0) is 26.2. The van der Waals surface area contributed by atoms with Crippen LogP contribution in [-0.2, 0) is 16.8 Å². The summed E-state index contributed by atoms with van der Waals surface area (Å²) >= 11 is 6.00. The SMILES string of the molecule is CCOc1cc(/C=C/[C@@]23NC(=O)CCN2c2ccc(C)cc2C3(C)C)ccc1OCc1ccc(Cl)cc1. The highest BCUT2D eigenvalue weighted by Crippen LogP contribution is 2.52. The molecule has 0 unspecified atom stereocenters. The number of rotatable bonds is 7. The van der Waals surface area contributed by atoms with Crippen LogP contribution in [0.5, 0.6) is 11.5 Å². The number of hydrogen-bond acceptors (Lipinski definition) is 4. The fourth-order valence-electron chi connectivity index (χ4n) is 5.44. The molecule has 5 rings (SSSR count). The van der Waals surface area contributed by atoms with E-state index in [9.17, 15) is 4.79 Å². The van der Waals surface area contributed by atoms with Gasteiger partial charge < -0.3 is 19.7 Å². The summed E-state index contributed by atoms with van der Waals surface area (Å²) in [6.07, 6.45) is 4.69. The average molecular weight is 517 g/mol. The number of nitrogens with zero attached hydrogens (tertiary/aromatic N) is 1. The van der Waals surface area contributed by atoms with Gasteiger partial charge in [0.2, 0.25) is 5.91 Å². The van der Waals surface area contributed by atoms with Crippen LogP contribution in [0.1, 0.15) is 49.4 Å². The molecule has 2 heterocycles. The van der Waals surface area contributed by atoms with Crippen molar-refractivity contribution < 1.29 is 14.3 Å². The van der Waals surface area contributed by atoms with Crippen LogP contribution < -0.4 is 19.7 Å². The second kappa shape index (κ2) is 9.79. The highest BCUT2D eigenvalue weighted by atomic mass is 35.5. The molecule has 0 bridgehead atoms. The van der Waals surface area contributed by atoms with Gasteiger partial charge in [0, 0.05) is 29.1 Å². The van der Waals surface area contributed by atoms with E-state index in [1.165, 1.54) is 16.8 Å². The number of amides is 1. The lowest BCUT2D eigenvalue weighted by Gasteiger charge is -2.49. The first-order chi connectivity index (χ1) is 17.7. The third kappa shape index (κ3) is 4.57. The topological polar surface area (TPSA) is 50.8 Å². The average Bonchev–Trinajstić information content (AvgIpc) is 3.06. The standard InChI is InChI=1S/C31H33ClN2O3/c1-5-36-28-19-22(9-13-27(28)37-20-23-7-10-24(32)11-8-23)14-16-31-30(3,4)25-18-21(2)6-12-26(25)34(31)17-15-29(35)33-31/h6-14,16,18-19H,5,15,17,20H2,1-4H3,(H,33,35)/b16-14+/t31-/m1/s1. The highest BCUT2D eigenvalue weighted by molar-refractivity contribution is 6.30. The number of nitrogens with one attached hydrogen (secondary N) is 1. The van der Waals surface area contributed by atoms with Gasteiger partial charge in [0.1, 0.15) is 12.3 Å². The molecule has 5 nitrogen and oxygen atoms in total. The monoisotopic (exact) mass is 516 g/mol. The molecule has 1 saturated heterocycles. The quantitative estimate of drug-likeness (QED) is 0.382. The summed E-state index contributed by atoms with van der Waals surface area (Å²) in [7, 11) is 0. The molecule has 37 heavy (non-hydrogen) atoms. The summed E-state index contributed by atoms with van der Waals surface area (Å²) < 4.78 is 12.0. The van der Waals surface area contributed by atoms with Crippen molar-refractivity contribution >= 4 is 29.3 Å². The van der Waals surface area contributed by atoms with Gasteiger partial charge in [-0.1, -0.05) is 67.4 Å². The Labute approximate surface area is 224 Å². The number of anilines is 1. The van der Waals surface area contributed by atoms with E-state index in [1.807, 2.05) is 49.4 Å². The smallest absolute Gasteiger partial charge is 0.223 e. The molecule has 3 aromatic carbocycles. The van der Waals surface area contributed by atoms with Gasteiger partial charge in [-0.2, -0.15) is 0 Å². The number of carbonyl (C=O) groups is 1. The van der Waals surface area contributed by atoms with Crippen LogP contribution in [-0.4, -0.2) is 24.7 Å². The van der Waals surface area contributed by atoms with Crippen molar-refractivity contribution in [1.82, 2.24) is 5.32 Å². The first-order valence-corrected chi connectivity index (χ1v) is 13.1. The fourth-order valence-corrected chi connectivity index (χ4v) is 5.57. The van der Waals surface area contributed by atoms with Crippen molar-refractivity contribution in [2.75, 3.05) is 18.1 Å². The van der Waals surface area contributed by atoms with Crippen LogP contribution in [0.15, 0.2) is 66.7 Å². The van der Waals surface area contributed by atoms with Crippen molar-refractivity contribution in [3.05, 3.63) is 94.0 Å². The van der Waals surface area contributed by atoms with Gasteiger partial charge in [0.05, 0.1) is 6.61 Å². The number of benzene rings is 3. The van der Waals surface area contributed by atoms with E-state index in [-0.39, 0.29) is 11.3 Å². The van der Waals surface area contributed by atoms with Crippen LogP contribution >= 0.6 is 11.6 Å². The van der Waals surface area contributed by atoms with E-state index in [0.29, 0.717) is 42.7 Å². The molecule has 2 aliphatic rings. The van der Waals surface area contributed by atoms with E-state index >= 15 is 0 Å². The second-order valence-corrected chi connectivity index (χ2v) is 10.7. The summed E-state index contributed by atoms with van der Waals surface area (Å²) in [5, 5.41) is 4.05. The van der Waals surface area contributed by atoms with Crippen molar-refractivity contribution in [3.8, 4) is 11.5 Å². The summed E-state index contributed by atoms with van der Waals surface area (Å²) in [5.74, 6) is 1.44. The molecule has 1 atom stereocenters. The molecule has 0 aliphatic carbocycles. The zero-order valence-corrected chi connectivity index (χ0v) is 22.6. The van der Waals surface area contributed by atoms with Gasteiger partial charge in [-0.15, -0.1) is 0 Å². The summed E-state index contributed by atoms with van der Waals surface area (Å²) in [6.45, 7) is 10.1. The number of carbonyl (C=O) groups excluding carboxylic acids is 1. The van der Waals surface area contributed by atoms with E-state index < -0.39 is 5.66 Å². The molecule has 1 fully saturated rings. The van der Waals surface area contributed by atoms with Crippen molar-refractivity contribution in [2.45, 2.75) is 51.8 Å². The minimum absolute atomic E-state index is 0.0689. The Morgan fingerprint density at radius 3 is 2.57 bits per heavy atom. The number of halogens is 1. The Morgan fingerprint density at radius 1 is 1.03 bits per heavy atom. The van der Waals surface area contributed by atoms with Gasteiger partial charge in [-0.25, -0.2) is 0 Å². The Hall–Kier alpha value is -3.44. The normalized spacial score (nSPS) is 19.9. The zero-order valence-electron chi connectivity index (χ0n) is 21.8. The van der Waals surface area contributed by atoms with E-state index in [4.69, 9.17) is 21.1 Å². The minimum Gasteiger partial charge on any atom is -0.490 e. The molecular weight excluding hydrogens is 484 g/mol. The van der Waals surface area contributed by atoms with E-state index in [0.717, 1.165) is 11.1 Å². The van der Waals surface area contributed by atoms with Crippen LogP contribution in [0, 0.1) is 6.92 Å². The van der Waals surface area contributed by atoms with Crippen molar-refractivity contribution in [3.63, 3.8) is 0 Å². The molecule has 1 N–H and O–H groups in total. The molecule has 0 radical (unpaired) electrons. The maximum absolute atomic E-state index is 12.7. The van der Waals surface area contributed by atoms with Crippen LogP contribution in [0.25, 0.3) is 6.08 Å². The maximum atomic E-state index is 12.7. The largest absolute Gasteiger partial charge is 0.490 e. The molecule has 2 aliphatic heterocycles.